The van der Waals surface area contributed by atoms with E-state index in [1.54, 1.807) is 54.1 Å². The Morgan fingerprint density at radius 2 is 1.96 bits per heavy atom. The van der Waals surface area contributed by atoms with Gasteiger partial charge in [0.25, 0.3) is 0 Å². The molecular formula is C20H24N4O4. The number of hydrogen-bond acceptors (Lipinski definition) is 4. The first-order valence-electron chi connectivity index (χ1n) is 9.21. The zero-order valence-electron chi connectivity index (χ0n) is 16.0. The van der Waals surface area contributed by atoms with Crippen LogP contribution in [0.1, 0.15) is 40.4 Å². The molecule has 0 saturated carbocycles. The van der Waals surface area contributed by atoms with Crippen LogP contribution >= 0.6 is 0 Å². The number of carbonyl (C=O) groups excluding carboxylic acids is 2. The molecule has 2 amide bonds. The summed E-state index contributed by atoms with van der Waals surface area (Å²) in [5.74, 6) is -1.36. The van der Waals surface area contributed by atoms with Gasteiger partial charge in [0.15, 0.2) is 0 Å². The van der Waals surface area contributed by atoms with Crippen LogP contribution in [0.15, 0.2) is 36.7 Å². The van der Waals surface area contributed by atoms with Crippen LogP contribution in [0.5, 0.6) is 0 Å². The van der Waals surface area contributed by atoms with Crippen LogP contribution in [0, 0.1) is 5.92 Å². The van der Waals surface area contributed by atoms with Gasteiger partial charge in [0, 0.05) is 38.8 Å². The van der Waals surface area contributed by atoms with Crippen LogP contribution in [0.2, 0.25) is 0 Å². The number of amides is 2. The average Bonchev–Trinajstić information content (AvgIpc) is 3.10. The maximum atomic E-state index is 12.8. The predicted molar refractivity (Wildman–Crippen MR) is 102 cm³/mol. The maximum absolute atomic E-state index is 12.8. The molecule has 1 aromatic carbocycles. The standard InChI is InChI=1S/C20H24N4O4/c1-23-12-15(11-22-23)18-16(7-8-17(25)24(18)2)19(26)21-10-9-13-3-5-14(6-4-13)20(27)28/h3-6,11-12,16,18H,7-10H2,1-2H3,(H,21,26)(H,27,28)/t16-,18+/m0/s1. The van der Waals surface area contributed by atoms with Gasteiger partial charge in [0.05, 0.1) is 23.7 Å². The van der Waals surface area contributed by atoms with Gasteiger partial charge in [0.2, 0.25) is 11.8 Å². The fraction of sp³-hybridized carbons (Fsp3) is 0.400. The molecule has 1 aliphatic heterocycles. The largest absolute Gasteiger partial charge is 0.478 e. The molecule has 0 radical (unpaired) electrons. The third kappa shape index (κ3) is 4.21. The van der Waals surface area contributed by atoms with Crippen molar-refractivity contribution in [2.75, 3.05) is 13.6 Å². The summed E-state index contributed by atoms with van der Waals surface area (Å²) in [5.41, 5.74) is 2.04. The topological polar surface area (TPSA) is 105 Å². The number of carbonyl (C=O) groups is 3. The Kier molecular flexibility index (Phi) is 5.77. The molecule has 148 valence electrons. The molecular weight excluding hydrogens is 360 g/mol. The summed E-state index contributed by atoms with van der Waals surface area (Å²) >= 11 is 0. The van der Waals surface area contributed by atoms with Crippen molar-refractivity contribution in [2.24, 2.45) is 13.0 Å². The van der Waals surface area contributed by atoms with E-state index in [2.05, 4.69) is 10.4 Å². The van der Waals surface area contributed by atoms with Gasteiger partial charge in [-0.25, -0.2) is 4.79 Å². The number of piperidine rings is 1. The van der Waals surface area contributed by atoms with Crippen LogP contribution in [0.4, 0.5) is 0 Å². The van der Waals surface area contributed by atoms with Crippen LogP contribution in [-0.4, -0.2) is 51.2 Å². The monoisotopic (exact) mass is 384 g/mol. The number of hydrogen-bond donors (Lipinski definition) is 2. The second kappa shape index (κ2) is 8.24. The molecule has 0 unspecified atom stereocenters. The van der Waals surface area contributed by atoms with E-state index in [0.29, 0.717) is 25.8 Å². The van der Waals surface area contributed by atoms with E-state index in [4.69, 9.17) is 5.11 Å². The van der Waals surface area contributed by atoms with Gasteiger partial charge in [-0.3, -0.25) is 14.3 Å². The van der Waals surface area contributed by atoms with Crippen molar-refractivity contribution in [1.29, 1.82) is 0 Å². The number of carboxylic acid groups (broad SMARTS) is 1. The minimum absolute atomic E-state index is 0.0245. The molecule has 1 saturated heterocycles. The predicted octanol–water partition coefficient (Wildman–Crippen LogP) is 1.39. The summed E-state index contributed by atoms with van der Waals surface area (Å²) in [6.45, 7) is 0.444. The summed E-state index contributed by atoms with van der Waals surface area (Å²) < 4.78 is 1.66. The van der Waals surface area contributed by atoms with Gasteiger partial charge in [-0.1, -0.05) is 12.1 Å². The van der Waals surface area contributed by atoms with Crippen molar-refractivity contribution in [3.8, 4) is 0 Å². The smallest absolute Gasteiger partial charge is 0.335 e. The van der Waals surface area contributed by atoms with Crippen LogP contribution in [-0.2, 0) is 23.1 Å². The normalized spacial score (nSPS) is 19.5. The Balaban J connectivity index is 1.63. The summed E-state index contributed by atoms with van der Waals surface area (Å²) in [4.78, 5) is 37.5. The summed E-state index contributed by atoms with van der Waals surface area (Å²) in [5, 5.41) is 16.1. The average molecular weight is 384 g/mol. The highest BCUT2D eigenvalue weighted by molar-refractivity contribution is 5.87. The van der Waals surface area contributed by atoms with Crippen LogP contribution < -0.4 is 5.32 Å². The summed E-state index contributed by atoms with van der Waals surface area (Å²) in [7, 11) is 3.53. The third-order valence-corrected chi connectivity index (χ3v) is 5.18. The SMILES string of the molecule is CN1C(=O)CC[C@H](C(=O)NCCc2ccc(C(=O)O)cc2)[C@H]1c1cnn(C)c1. The number of rotatable bonds is 6. The lowest BCUT2D eigenvalue weighted by Gasteiger charge is -2.37. The van der Waals surface area contributed by atoms with Crippen molar-refractivity contribution in [2.45, 2.75) is 25.3 Å². The minimum Gasteiger partial charge on any atom is -0.478 e. The van der Waals surface area contributed by atoms with E-state index in [-0.39, 0.29) is 29.3 Å². The number of nitrogens with zero attached hydrogens (tertiary/aromatic N) is 3. The molecule has 3 rings (SSSR count). The van der Waals surface area contributed by atoms with E-state index in [1.165, 1.54) is 0 Å². The quantitative estimate of drug-likeness (QED) is 0.783. The van der Waals surface area contributed by atoms with Gasteiger partial charge in [-0.2, -0.15) is 5.10 Å². The highest BCUT2D eigenvalue weighted by Gasteiger charge is 2.39. The van der Waals surface area contributed by atoms with Gasteiger partial charge in [-0.15, -0.1) is 0 Å². The first-order valence-corrected chi connectivity index (χ1v) is 9.21. The van der Waals surface area contributed by atoms with Gasteiger partial charge >= 0.3 is 5.97 Å². The van der Waals surface area contributed by atoms with Gasteiger partial charge < -0.3 is 15.3 Å². The zero-order chi connectivity index (χ0) is 20.3. The lowest BCUT2D eigenvalue weighted by Crippen LogP contribution is -2.46. The van der Waals surface area contributed by atoms with Gasteiger partial charge in [-0.05, 0) is 30.5 Å². The Morgan fingerprint density at radius 1 is 1.25 bits per heavy atom. The number of aromatic nitrogens is 2. The molecule has 28 heavy (non-hydrogen) atoms. The third-order valence-electron chi connectivity index (χ3n) is 5.18. The fourth-order valence-electron chi connectivity index (χ4n) is 3.64. The molecule has 2 aromatic rings. The molecule has 0 bridgehead atoms. The van der Waals surface area contributed by atoms with Gasteiger partial charge in [0.1, 0.15) is 0 Å². The minimum atomic E-state index is -0.961. The Morgan fingerprint density at radius 3 is 2.57 bits per heavy atom. The molecule has 2 N–H and O–H groups in total. The van der Waals surface area contributed by atoms with Crippen molar-refractivity contribution in [1.82, 2.24) is 20.0 Å². The lowest BCUT2D eigenvalue weighted by atomic mass is 9.85. The molecule has 2 heterocycles. The summed E-state index contributed by atoms with van der Waals surface area (Å²) in [6, 6.07) is 6.28. The van der Waals surface area contributed by atoms with E-state index in [0.717, 1.165) is 11.1 Å². The number of aryl methyl sites for hydroxylation is 1. The first kappa shape index (κ1) is 19.6. The number of benzene rings is 1. The highest BCUT2D eigenvalue weighted by atomic mass is 16.4. The second-order valence-electron chi connectivity index (χ2n) is 7.09. The van der Waals surface area contributed by atoms with Crippen molar-refractivity contribution in [3.05, 3.63) is 53.3 Å². The first-order chi connectivity index (χ1) is 13.4. The van der Waals surface area contributed by atoms with Crippen LogP contribution in [0.3, 0.4) is 0 Å². The zero-order valence-corrected chi connectivity index (χ0v) is 16.0. The Labute approximate surface area is 163 Å². The molecule has 0 aliphatic carbocycles. The van der Waals surface area contributed by atoms with E-state index in [9.17, 15) is 14.4 Å². The molecule has 2 atom stereocenters. The Bertz CT molecular complexity index is 875. The van der Waals surface area contributed by atoms with Crippen molar-refractivity contribution >= 4 is 17.8 Å². The number of likely N-dealkylation sites (tertiary alicyclic amines) is 1. The summed E-state index contributed by atoms with van der Waals surface area (Å²) in [6.07, 6.45) is 4.99. The molecule has 1 aromatic heterocycles. The number of carboxylic acids is 1. The Hall–Kier alpha value is -3.16. The highest BCUT2D eigenvalue weighted by Crippen LogP contribution is 2.35. The molecule has 1 aliphatic rings. The van der Waals surface area contributed by atoms with E-state index >= 15 is 0 Å². The second-order valence-corrected chi connectivity index (χ2v) is 7.09. The molecule has 8 nitrogen and oxygen atoms in total. The van der Waals surface area contributed by atoms with Crippen molar-refractivity contribution in [3.63, 3.8) is 0 Å². The molecule has 0 spiro atoms. The van der Waals surface area contributed by atoms with E-state index in [1.807, 2.05) is 6.20 Å². The number of nitrogens with one attached hydrogen (secondary N) is 1. The molecule has 8 heteroatoms. The number of aromatic carboxylic acids is 1. The van der Waals surface area contributed by atoms with E-state index < -0.39 is 5.97 Å². The van der Waals surface area contributed by atoms with Crippen molar-refractivity contribution < 1.29 is 19.5 Å². The molecule has 1 fully saturated rings. The van der Waals surface area contributed by atoms with Crippen LogP contribution in [0.25, 0.3) is 0 Å². The lowest BCUT2D eigenvalue weighted by molar-refractivity contribution is -0.141. The maximum Gasteiger partial charge on any atom is 0.335 e. The fourth-order valence-corrected chi connectivity index (χ4v) is 3.64.